The molecule has 0 N–H and O–H groups in total. The van der Waals surface area contributed by atoms with E-state index in [1.807, 2.05) is 426 Å². The summed E-state index contributed by atoms with van der Waals surface area (Å²) in [6, 6.07) is 133. The molecule has 0 saturated heterocycles. The predicted molar refractivity (Wildman–Crippen MR) is 654 cm³/mol. The van der Waals surface area contributed by atoms with Crippen molar-refractivity contribution in [1.29, 1.82) is 0 Å². The van der Waals surface area contributed by atoms with Gasteiger partial charge in [-0.1, -0.05) is 571 Å². The Morgan fingerprint density at radius 2 is 0.373 bits per heavy atom. The van der Waals surface area contributed by atoms with Crippen LogP contribution in [0.25, 0.3) is 120 Å². The molecule has 6 aromatic heterocycles. The zero-order chi connectivity index (χ0) is 108. The van der Waals surface area contributed by atoms with Crippen LogP contribution in [0, 0.1) is 13.8 Å². The summed E-state index contributed by atoms with van der Waals surface area (Å²) < 4.78 is 0. The molecule has 0 unspecified atom stereocenters. The smallest absolute Gasteiger partial charge is 0.159 e. The number of aryl methyl sites for hydroxylation is 2. The van der Waals surface area contributed by atoms with Crippen molar-refractivity contribution in [3.05, 3.63) is 455 Å². The van der Waals surface area contributed by atoms with Crippen molar-refractivity contribution in [2.45, 2.75) is 263 Å². The molecule has 21 rings (SSSR count). The first-order valence-electron chi connectivity index (χ1n) is 53.3. The van der Waals surface area contributed by atoms with Crippen molar-refractivity contribution in [1.82, 2.24) is 34.9 Å². The van der Waals surface area contributed by atoms with Crippen LogP contribution >= 0.6 is 0 Å². The van der Waals surface area contributed by atoms with Gasteiger partial charge in [0.15, 0.2) is 5.65 Å². The van der Waals surface area contributed by atoms with Gasteiger partial charge in [-0.15, -0.1) is 0 Å². The molecule has 0 fully saturated rings. The SMILES string of the molecule is CC.CC.CC.CC.CC.CC.CC.CC.CC.CC.CC.CC.CC.CC.CC.CC.CC.CC.Cc1cc2ccc3cc(C)cc4ccc(c1)c2c34.c1ccc(-c2ccccc2)cc1.c1ccc2c(c1)ccc1ccccc12.c1ccc2ccccc2c1.c1ccc2cnccc2c1.c1ccc2ncccc2c1.c1ccc2nccnc2c1.c1ccccc1.c1ccncc1.c1cnc2ncccc2c1. The van der Waals surface area contributed by atoms with Gasteiger partial charge in [0, 0.05) is 66.5 Å². The highest BCUT2D eigenvalue weighted by Crippen LogP contribution is 2.36. The molecule has 0 spiro atoms. The van der Waals surface area contributed by atoms with Gasteiger partial charge in [-0.05, 0) is 178 Å². The fourth-order valence-electron chi connectivity index (χ4n) is 12.1. The Balaban J connectivity index is -0.000000278. The molecule has 0 aliphatic carbocycles. The zero-order valence-electron chi connectivity index (χ0n) is 95.3. The first-order chi connectivity index (χ1) is 70.5. The quantitative estimate of drug-likeness (QED) is 0.151. The van der Waals surface area contributed by atoms with Gasteiger partial charge in [-0.2, -0.15) is 0 Å². The number of aromatic nitrogens is 7. The first-order valence-corrected chi connectivity index (χ1v) is 53.3. The van der Waals surface area contributed by atoms with Crippen molar-refractivity contribution in [3.63, 3.8) is 0 Å². The van der Waals surface area contributed by atoms with E-state index in [1.54, 1.807) is 37.2 Å². The lowest BCUT2D eigenvalue weighted by atomic mass is 9.92. The van der Waals surface area contributed by atoms with Crippen LogP contribution in [0.2, 0.25) is 0 Å². The Morgan fingerprint density at radius 3 is 0.669 bits per heavy atom. The van der Waals surface area contributed by atoms with E-state index in [0.29, 0.717) is 0 Å². The van der Waals surface area contributed by atoms with Crippen LogP contribution in [0.5, 0.6) is 0 Å². The van der Waals surface area contributed by atoms with E-state index < -0.39 is 0 Å². The minimum atomic E-state index is 0.810. The van der Waals surface area contributed by atoms with Gasteiger partial charge in [0.25, 0.3) is 0 Å². The van der Waals surface area contributed by atoms with Crippen LogP contribution in [-0.2, 0) is 0 Å². The summed E-state index contributed by atoms with van der Waals surface area (Å²) in [5.41, 5.74) is 8.98. The second kappa shape index (κ2) is 106. The Morgan fingerprint density at radius 1 is 0.141 bits per heavy atom. The average molecular weight is 1910 g/mol. The van der Waals surface area contributed by atoms with Crippen molar-refractivity contribution in [3.8, 4) is 11.1 Å². The van der Waals surface area contributed by atoms with E-state index >= 15 is 0 Å². The Kier molecular flexibility index (Phi) is 105. The van der Waals surface area contributed by atoms with Crippen molar-refractivity contribution in [2.24, 2.45) is 0 Å². The van der Waals surface area contributed by atoms with Crippen LogP contribution in [0.3, 0.4) is 0 Å². The molecule has 21 aromatic rings. The molecule has 0 atom stereocenters. The highest BCUT2D eigenvalue weighted by Gasteiger charge is 2.09. The molecule has 142 heavy (non-hydrogen) atoms. The molecule has 15 aromatic carbocycles. The maximum Gasteiger partial charge on any atom is 0.159 e. The molecule has 0 aliphatic heterocycles. The average Bonchev–Trinajstić information content (AvgIpc) is 0.740. The minimum absolute atomic E-state index is 0.810. The normalized spacial score (nSPS) is 8.35. The van der Waals surface area contributed by atoms with Gasteiger partial charge in [-0.25, -0.2) is 9.97 Å². The van der Waals surface area contributed by atoms with Crippen molar-refractivity contribution in [2.75, 3.05) is 0 Å². The lowest BCUT2D eigenvalue weighted by Gasteiger charge is -2.12. The lowest BCUT2D eigenvalue weighted by Crippen LogP contribution is -1.86. The fraction of sp³-hybridized carbons (Fsp3) is 0.281. The lowest BCUT2D eigenvalue weighted by molar-refractivity contribution is 1.29. The van der Waals surface area contributed by atoms with E-state index in [0.717, 1.165) is 27.6 Å². The van der Waals surface area contributed by atoms with Crippen LogP contribution in [0.4, 0.5) is 0 Å². The third-order valence-electron chi connectivity index (χ3n) is 17.1. The molecule has 0 amide bonds. The van der Waals surface area contributed by atoms with Gasteiger partial charge in [-0.3, -0.25) is 24.9 Å². The van der Waals surface area contributed by atoms with E-state index in [1.165, 1.54) is 103 Å². The number of benzene rings is 15. The molecule has 7 nitrogen and oxygen atoms in total. The number of fused-ring (bicyclic) bond motifs is 8. The van der Waals surface area contributed by atoms with Crippen LogP contribution < -0.4 is 0 Å². The summed E-state index contributed by atoms with van der Waals surface area (Å²) >= 11 is 0. The molecule has 0 radical (unpaired) electrons. The predicted octanol–water partition coefficient (Wildman–Crippen LogP) is 44.4. The molecule has 7 heteroatoms. The fourth-order valence-corrected chi connectivity index (χ4v) is 12.1. The summed E-state index contributed by atoms with van der Waals surface area (Å²) in [4.78, 5) is 28.4. The number of hydrogen-bond donors (Lipinski definition) is 0. The van der Waals surface area contributed by atoms with Gasteiger partial charge in [0.1, 0.15) is 0 Å². The second-order valence-corrected chi connectivity index (χ2v) is 24.6. The highest BCUT2D eigenvalue weighted by molar-refractivity contribution is 6.23. The van der Waals surface area contributed by atoms with E-state index in [2.05, 4.69) is 279 Å². The van der Waals surface area contributed by atoms with E-state index in [9.17, 15) is 0 Å². The second-order valence-electron chi connectivity index (χ2n) is 24.6. The minimum Gasteiger partial charge on any atom is -0.265 e. The third-order valence-corrected chi connectivity index (χ3v) is 17.1. The molecular weight excluding hydrogens is 1720 g/mol. The summed E-state index contributed by atoms with van der Waals surface area (Å²) in [7, 11) is 0. The standard InChI is InChI=1S/C18H14.C14H10.C12H10.C10H8.2C9H7N.2C8H6N2.C6H6.C5H5N.18C2H6/c1-11-7-13-3-5-15-9-12(2)10-16-6-4-14(8-11)17(13)18(15)16;1-3-7-13-11(5-1)9-10-12-6-2-4-8-14(12)13;1-3-7-11(8-4-1)12-9-5-2-6-10-12;1-2-6-10-8-4-3-7-9(10)5-1;1-2-6-9-8(4-1)5-3-7-10-9;1-2-4-9-7-10-6-5-8(9)3-1;1-3-7-4-2-6-10-8(7)9-5-1;1-2-4-8-7(3-1)9-5-6-10-8;2*1-2-4-6-5-3-1;18*1-2/h3-10H,1-2H3;1-10H;1-10H;1-8H;2*1-7H;2*1-6H;1-6H;1-5H;18*1-2H3. The third kappa shape index (κ3) is 57.5. The Labute approximate surface area is 866 Å². The molecule has 0 bridgehead atoms. The van der Waals surface area contributed by atoms with Gasteiger partial charge in [0.2, 0.25) is 0 Å². The van der Waals surface area contributed by atoms with E-state index in [4.69, 9.17) is 0 Å². The number of rotatable bonds is 1. The monoisotopic (exact) mass is 1910 g/mol. The largest absolute Gasteiger partial charge is 0.265 e. The first kappa shape index (κ1) is 141. The summed E-state index contributed by atoms with van der Waals surface area (Å²) in [5.74, 6) is 0. The maximum atomic E-state index is 4.18. The maximum absolute atomic E-state index is 4.18. The van der Waals surface area contributed by atoms with Crippen molar-refractivity contribution < 1.29 is 0 Å². The van der Waals surface area contributed by atoms with Crippen LogP contribution in [-0.4, -0.2) is 34.9 Å². The van der Waals surface area contributed by atoms with Crippen LogP contribution in [0.1, 0.15) is 260 Å². The Hall–Kier alpha value is -14.0. The number of pyridine rings is 5. The number of para-hydroxylation sites is 3. The molecule has 762 valence electrons. The summed E-state index contributed by atoms with van der Waals surface area (Å²) in [5, 5.41) is 20.9. The molecule has 0 saturated carbocycles. The Bertz CT molecular complexity index is 5090. The topological polar surface area (TPSA) is 90.2 Å². The molecule has 6 heterocycles. The molecule has 0 aliphatic rings. The highest BCUT2D eigenvalue weighted by atomic mass is 14.8. The number of hydrogen-bond acceptors (Lipinski definition) is 7. The van der Waals surface area contributed by atoms with Gasteiger partial charge < -0.3 is 0 Å². The summed E-state index contributed by atoms with van der Waals surface area (Å²) in [6.07, 6.45) is 15.9. The summed E-state index contributed by atoms with van der Waals surface area (Å²) in [6.45, 7) is 76.3. The van der Waals surface area contributed by atoms with Gasteiger partial charge >= 0.3 is 0 Å². The van der Waals surface area contributed by atoms with E-state index in [-0.39, 0.29) is 0 Å². The number of nitrogens with zero attached hydrogens (tertiary/aromatic N) is 7. The van der Waals surface area contributed by atoms with Crippen molar-refractivity contribution >= 4 is 108 Å². The zero-order valence-corrected chi connectivity index (χ0v) is 95.3. The van der Waals surface area contributed by atoms with Gasteiger partial charge in [0.05, 0.1) is 16.6 Å². The van der Waals surface area contributed by atoms with Crippen LogP contribution in [0.15, 0.2) is 444 Å². The molecular formula is C135H187N7.